The lowest BCUT2D eigenvalue weighted by molar-refractivity contribution is -0.122. The minimum atomic E-state index is -3.78. The normalized spacial score (nSPS) is 12.0. The van der Waals surface area contributed by atoms with Gasteiger partial charge in [-0.1, -0.05) is 6.07 Å². The zero-order valence-electron chi connectivity index (χ0n) is 12.8. The molecule has 0 spiro atoms. The first kappa shape index (κ1) is 17.5. The van der Waals surface area contributed by atoms with Crippen LogP contribution in [-0.2, 0) is 14.8 Å². The maximum atomic E-state index is 12.1. The lowest BCUT2D eigenvalue weighted by atomic mass is 10.2. The number of nitrogens with zero attached hydrogens (tertiary/aromatic N) is 1. The summed E-state index contributed by atoms with van der Waals surface area (Å²) in [6.07, 6.45) is -0.808. The van der Waals surface area contributed by atoms with Crippen LogP contribution in [0.1, 0.15) is 12.5 Å². The highest BCUT2D eigenvalue weighted by Gasteiger charge is 2.15. The fourth-order valence-electron chi connectivity index (χ4n) is 1.87. The van der Waals surface area contributed by atoms with Gasteiger partial charge >= 0.3 is 0 Å². The molecule has 7 nitrogen and oxygen atoms in total. The number of sulfonamides is 1. The van der Waals surface area contributed by atoms with Gasteiger partial charge in [-0.3, -0.25) is 4.79 Å². The van der Waals surface area contributed by atoms with Gasteiger partial charge in [0, 0.05) is 5.69 Å². The summed E-state index contributed by atoms with van der Waals surface area (Å²) in [5, 5.41) is 16.5. The molecule has 124 valence electrons. The summed E-state index contributed by atoms with van der Waals surface area (Å²) >= 11 is 0. The molecule has 0 radical (unpaired) electrons. The molecule has 0 aliphatic rings. The Labute approximate surface area is 139 Å². The van der Waals surface area contributed by atoms with Crippen LogP contribution in [0.4, 0.5) is 5.69 Å². The first-order valence-electron chi connectivity index (χ1n) is 6.90. The molecule has 0 saturated carbocycles. The van der Waals surface area contributed by atoms with E-state index >= 15 is 0 Å². The van der Waals surface area contributed by atoms with Gasteiger partial charge in [0.05, 0.1) is 16.5 Å². The Balaban J connectivity index is 2.02. The van der Waals surface area contributed by atoms with Crippen LogP contribution in [0.3, 0.4) is 0 Å². The molecule has 0 bridgehead atoms. The molecule has 2 rings (SSSR count). The Bertz CT molecular complexity index is 886. The van der Waals surface area contributed by atoms with Crippen molar-refractivity contribution in [2.75, 3.05) is 5.32 Å². The number of primary sulfonamides is 1. The van der Waals surface area contributed by atoms with Gasteiger partial charge < -0.3 is 10.1 Å². The third-order valence-corrected chi connectivity index (χ3v) is 4.02. The molecule has 1 unspecified atom stereocenters. The minimum Gasteiger partial charge on any atom is -0.481 e. The number of hydrogen-bond acceptors (Lipinski definition) is 5. The molecule has 2 aromatic rings. The number of anilines is 1. The van der Waals surface area contributed by atoms with E-state index in [-0.39, 0.29) is 4.90 Å². The predicted molar refractivity (Wildman–Crippen MR) is 87.7 cm³/mol. The first-order valence-corrected chi connectivity index (χ1v) is 8.45. The van der Waals surface area contributed by atoms with Crippen molar-refractivity contribution >= 4 is 21.6 Å². The number of benzene rings is 2. The standard InChI is InChI=1S/C16H15N3O4S/c1-11(23-14-4-2-3-12(9-14)10-17)16(20)19-13-5-7-15(8-6-13)24(18,21)22/h2-9,11H,1H3,(H,19,20)(H2,18,21,22). The van der Waals surface area contributed by atoms with Gasteiger partial charge in [-0.25, -0.2) is 13.6 Å². The molecule has 0 fully saturated rings. The Morgan fingerprint density at radius 2 is 1.92 bits per heavy atom. The van der Waals surface area contributed by atoms with Gasteiger partial charge in [-0.15, -0.1) is 0 Å². The lowest BCUT2D eigenvalue weighted by Crippen LogP contribution is -2.30. The Hall–Kier alpha value is -2.89. The number of ether oxygens (including phenoxy) is 1. The van der Waals surface area contributed by atoms with Gasteiger partial charge in [-0.2, -0.15) is 5.26 Å². The smallest absolute Gasteiger partial charge is 0.265 e. The van der Waals surface area contributed by atoms with Crippen molar-refractivity contribution in [1.82, 2.24) is 0 Å². The average Bonchev–Trinajstić information content (AvgIpc) is 2.54. The number of carbonyl (C=O) groups excluding carboxylic acids is 1. The lowest BCUT2D eigenvalue weighted by Gasteiger charge is -2.15. The van der Waals surface area contributed by atoms with E-state index in [1.165, 1.54) is 30.3 Å². The maximum Gasteiger partial charge on any atom is 0.265 e. The number of amides is 1. The molecule has 0 heterocycles. The summed E-state index contributed by atoms with van der Waals surface area (Å²) in [5.74, 6) is -0.0120. The Morgan fingerprint density at radius 3 is 2.50 bits per heavy atom. The maximum absolute atomic E-state index is 12.1. The third kappa shape index (κ3) is 4.55. The van der Waals surface area contributed by atoms with Gasteiger partial charge in [0.2, 0.25) is 10.0 Å². The van der Waals surface area contributed by atoms with Crippen LogP contribution in [0.2, 0.25) is 0 Å². The Morgan fingerprint density at radius 1 is 1.25 bits per heavy atom. The van der Waals surface area contributed by atoms with Crippen molar-refractivity contribution in [3.63, 3.8) is 0 Å². The quantitative estimate of drug-likeness (QED) is 0.852. The second-order valence-electron chi connectivity index (χ2n) is 4.96. The molecule has 0 saturated heterocycles. The SMILES string of the molecule is CC(Oc1cccc(C#N)c1)C(=O)Nc1ccc(S(N)(=O)=O)cc1. The van der Waals surface area contributed by atoms with Crippen molar-refractivity contribution in [1.29, 1.82) is 5.26 Å². The highest BCUT2D eigenvalue weighted by molar-refractivity contribution is 7.89. The predicted octanol–water partition coefficient (Wildman–Crippen LogP) is 1.61. The van der Waals surface area contributed by atoms with Crippen molar-refractivity contribution in [3.8, 4) is 11.8 Å². The fraction of sp³-hybridized carbons (Fsp3) is 0.125. The third-order valence-electron chi connectivity index (χ3n) is 3.10. The number of nitrogens with one attached hydrogen (secondary N) is 1. The van der Waals surface area contributed by atoms with E-state index in [0.29, 0.717) is 17.0 Å². The van der Waals surface area contributed by atoms with E-state index in [4.69, 9.17) is 15.1 Å². The second-order valence-corrected chi connectivity index (χ2v) is 6.52. The molecule has 1 atom stereocenters. The van der Waals surface area contributed by atoms with E-state index in [0.717, 1.165) is 0 Å². The van der Waals surface area contributed by atoms with Crippen LogP contribution in [0.25, 0.3) is 0 Å². The first-order chi connectivity index (χ1) is 11.3. The highest BCUT2D eigenvalue weighted by atomic mass is 32.2. The largest absolute Gasteiger partial charge is 0.481 e. The van der Waals surface area contributed by atoms with Crippen molar-refractivity contribution in [2.24, 2.45) is 5.14 Å². The zero-order valence-corrected chi connectivity index (χ0v) is 13.6. The van der Waals surface area contributed by atoms with Crippen LogP contribution in [-0.4, -0.2) is 20.4 Å². The number of rotatable bonds is 5. The van der Waals surface area contributed by atoms with E-state index < -0.39 is 22.0 Å². The van der Waals surface area contributed by atoms with Crippen molar-refractivity contribution in [3.05, 3.63) is 54.1 Å². The summed E-state index contributed by atoms with van der Waals surface area (Å²) in [5.41, 5.74) is 0.840. The van der Waals surface area contributed by atoms with Crippen LogP contribution in [0, 0.1) is 11.3 Å². The minimum absolute atomic E-state index is 0.0434. The topological polar surface area (TPSA) is 122 Å². The van der Waals surface area contributed by atoms with Crippen molar-refractivity contribution < 1.29 is 17.9 Å². The molecule has 0 aliphatic carbocycles. The molecule has 24 heavy (non-hydrogen) atoms. The molecular formula is C16H15N3O4S. The zero-order chi connectivity index (χ0) is 17.7. The summed E-state index contributed by atoms with van der Waals surface area (Å²) in [6, 6.07) is 13.9. The van der Waals surface area contributed by atoms with E-state index in [9.17, 15) is 13.2 Å². The highest BCUT2D eigenvalue weighted by Crippen LogP contribution is 2.16. The molecule has 2 aromatic carbocycles. The van der Waals surface area contributed by atoms with Crippen LogP contribution in [0.5, 0.6) is 5.75 Å². The summed E-state index contributed by atoms with van der Waals surface area (Å²) in [4.78, 5) is 12.1. The van der Waals surface area contributed by atoms with E-state index in [2.05, 4.69) is 5.32 Å². The average molecular weight is 345 g/mol. The van der Waals surface area contributed by atoms with Crippen molar-refractivity contribution in [2.45, 2.75) is 17.9 Å². The monoisotopic (exact) mass is 345 g/mol. The molecule has 0 aromatic heterocycles. The summed E-state index contributed by atoms with van der Waals surface area (Å²) in [7, 11) is -3.78. The Kier molecular flexibility index (Phi) is 5.18. The molecule has 8 heteroatoms. The molecule has 3 N–H and O–H groups in total. The summed E-state index contributed by atoms with van der Waals surface area (Å²) < 4.78 is 27.8. The van der Waals surface area contributed by atoms with Crippen LogP contribution in [0.15, 0.2) is 53.4 Å². The van der Waals surface area contributed by atoms with E-state index in [1.54, 1.807) is 25.1 Å². The fourth-order valence-corrected chi connectivity index (χ4v) is 2.38. The second kappa shape index (κ2) is 7.12. The van der Waals surface area contributed by atoms with Gasteiger partial charge in [0.1, 0.15) is 5.75 Å². The van der Waals surface area contributed by atoms with Crippen LogP contribution < -0.4 is 15.2 Å². The number of nitriles is 1. The number of nitrogens with two attached hydrogens (primary N) is 1. The number of carbonyl (C=O) groups is 1. The molecular weight excluding hydrogens is 330 g/mol. The molecule has 1 amide bonds. The van der Waals surface area contributed by atoms with Gasteiger partial charge in [-0.05, 0) is 49.4 Å². The van der Waals surface area contributed by atoms with Gasteiger partial charge in [0.25, 0.3) is 5.91 Å². The molecule has 0 aliphatic heterocycles. The summed E-state index contributed by atoms with van der Waals surface area (Å²) in [6.45, 7) is 1.56. The van der Waals surface area contributed by atoms with Gasteiger partial charge in [0.15, 0.2) is 6.10 Å². The number of hydrogen-bond donors (Lipinski definition) is 2. The van der Waals surface area contributed by atoms with Crippen LogP contribution >= 0.6 is 0 Å². The van der Waals surface area contributed by atoms with E-state index in [1.807, 2.05) is 6.07 Å².